The molecule has 0 unspecified atom stereocenters. The number of cyclic esters (lactones) is 2. The highest BCUT2D eigenvalue weighted by atomic mass is 32.2. The van der Waals surface area contributed by atoms with Crippen LogP contribution in [0.5, 0.6) is 0 Å². The van der Waals surface area contributed by atoms with Gasteiger partial charge in [0.05, 0.1) is 0 Å². The zero-order valence-electron chi connectivity index (χ0n) is 8.61. The molecule has 0 aromatic carbocycles. The molecule has 0 spiro atoms. The summed E-state index contributed by atoms with van der Waals surface area (Å²) in [5.41, 5.74) is -0.0684. The van der Waals surface area contributed by atoms with Crippen LogP contribution < -0.4 is 0 Å². The highest BCUT2D eigenvalue weighted by Gasteiger charge is 2.38. The third-order valence-corrected chi connectivity index (χ3v) is 2.36. The quantitative estimate of drug-likeness (QED) is 0.241. The summed E-state index contributed by atoms with van der Waals surface area (Å²) in [6, 6.07) is 0. The second-order valence-corrected chi connectivity index (χ2v) is 4.23. The molecule has 15 heavy (non-hydrogen) atoms. The smallest absolute Gasteiger partial charge is 0.349 e. The number of ether oxygens (including phenoxy) is 2. The van der Waals surface area contributed by atoms with E-state index in [1.807, 2.05) is 0 Å². The lowest BCUT2D eigenvalue weighted by molar-refractivity contribution is -0.222. The molecular weight excluding hydrogens is 216 g/mol. The minimum absolute atomic E-state index is 0.0684. The standard InChI is InChI=1S/C10H12O4S/c1-4-5-15-6-7-8(11)13-10(2,3)14-9(7)12/h4,6H,1,5H2,2-3H3. The number of hydrogen-bond acceptors (Lipinski definition) is 5. The van der Waals surface area contributed by atoms with Gasteiger partial charge in [-0.25, -0.2) is 9.59 Å². The van der Waals surface area contributed by atoms with Crippen molar-refractivity contribution in [2.45, 2.75) is 19.6 Å². The fourth-order valence-electron chi connectivity index (χ4n) is 0.956. The molecule has 1 heterocycles. The first kappa shape index (κ1) is 11.8. The van der Waals surface area contributed by atoms with Crippen LogP contribution in [0.1, 0.15) is 13.8 Å². The van der Waals surface area contributed by atoms with Gasteiger partial charge in [0.25, 0.3) is 5.79 Å². The summed E-state index contributed by atoms with van der Waals surface area (Å²) < 4.78 is 9.80. The topological polar surface area (TPSA) is 52.6 Å². The normalized spacial score (nSPS) is 19.2. The van der Waals surface area contributed by atoms with Crippen LogP contribution in [-0.2, 0) is 19.1 Å². The van der Waals surface area contributed by atoms with E-state index in [-0.39, 0.29) is 5.57 Å². The summed E-state index contributed by atoms with van der Waals surface area (Å²) in [4.78, 5) is 22.8. The van der Waals surface area contributed by atoms with Crippen molar-refractivity contribution < 1.29 is 19.1 Å². The molecule has 1 saturated heterocycles. The van der Waals surface area contributed by atoms with Crippen LogP contribution in [0.2, 0.25) is 0 Å². The predicted octanol–water partition coefficient (Wildman–Crippen LogP) is 1.63. The summed E-state index contributed by atoms with van der Waals surface area (Å²) in [6.07, 6.45) is 1.67. The van der Waals surface area contributed by atoms with E-state index in [4.69, 9.17) is 9.47 Å². The molecule has 1 aliphatic rings. The maximum Gasteiger partial charge on any atom is 0.349 e. The molecule has 0 aromatic heterocycles. The highest BCUT2D eigenvalue weighted by molar-refractivity contribution is 8.02. The molecule has 82 valence electrons. The predicted molar refractivity (Wildman–Crippen MR) is 57.0 cm³/mol. The molecule has 0 aliphatic carbocycles. The second-order valence-electron chi connectivity index (χ2n) is 3.33. The molecule has 1 fully saturated rings. The van der Waals surface area contributed by atoms with Gasteiger partial charge in [-0.2, -0.15) is 0 Å². The van der Waals surface area contributed by atoms with E-state index in [2.05, 4.69) is 6.58 Å². The van der Waals surface area contributed by atoms with Crippen molar-refractivity contribution >= 4 is 23.7 Å². The molecule has 5 heteroatoms. The van der Waals surface area contributed by atoms with E-state index >= 15 is 0 Å². The van der Waals surface area contributed by atoms with E-state index in [9.17, 15) is 9.59 Å². The Labute approximate surface area is 92.3 Å². The Morgan fingerprint density at radius 2 is 1.87 bits per heavy atom. The van der Waals surface area contributed by atoms with Crippen molar-refractivity contribution in [3.05, 3.63) is 23.6 Å². The Hall–Kier alpha value is -1.23. The summed E-state index contributed by atoms with van der Waals surface area (Å²) >= 11 is 1.29. The largest absolute Gasteiger partial charge is 0.419 e. The summed E-state index contributed by atoms with van der Waals surface area (Å²) in [7, 11) is 0. The zero-order valence-corrected chi connectivity index (χ0v) is 9.43. The molecule has 0 aromatic rings. The number of carbonyl (C=O) groups excluding carboxylic acids is 2. The Kier molecular flexibility index (Phi) is 3.57. The van der Waals surface area contributed by atoms with Crippen molar-refractivity contribution in [3.63, 3.8) is 0 Å². The van der Waals surface area contributed by atoms with Crippen molar-refractivity contribution in [1.29, 1.82) is 0 Å². The fraction of sp³-hybridized carbons (Fsp3) is 0.400. The fourth-order valence-corrected chi connectivity index (χ4v) is 1.55. The Morgan fingerprint density at radius 3 is 2.33 bits per heavy atom. The first-order valence-electron chi connectivity index (χ1n) is 4.35. The van der Waals surface area contributed by atoms with Gasteiger partial charge >= 0.3 is 11.9 Å². The summed E-state index contributed by atoms with van der Waals surface area (Å²) in [5.74, 6) is -1.84. The summed E-state index contributed by atoms with van der Waals surface area (Å²) in [5, 5.41) is 1.43. The van der Waals surface area contributed by atoms with Crippen molar-refractivity contribution in [2.24, 2.45) is 0 Å². The van der Waals surface area contributed by atoms with Crippen molar-refractivity contribution in [2.75, 3.05) is 5.75 Å². The number of carbonyl (C=O) groups is 2. The van der Waals surface area contributed by atoms with Gasteiger partial charge in [0.2, 0.25) is 0 Å². The lowest BCUT2D eigenvalue weighted by atomic mass is 10.2. The Bertz CT molecular complexity index is 308. The maximum atomic E-state index is 11.4. The Balaban J connectivity index is 2.75. The first-order valence-corrected chi connectivity index (χ1v) is 5.40. The average Bonchev–Trinajstić information content (AvgIpc) is 2.08. The van der Waals surface area contributed by atoms with E-state index in [0.29, 0.717) is 5.75 Å². The van der Waals surface area contributed by atoms with Crippen LogP contribution in [0.3, 0.4) is 0 Å². The second kappa shape index (κ2) is 4.53. The Morgan fingerprint density at radius 1 is 1.33 bits per heavy atom. The highest BCUT2D eigenvalue weighted by Crippen LogP contribution is 2.24. The molecule has 0 radical (unpaired) electrons. The van der Waals surface area contributed by atoms with Gasteiger partial charge < -0.3 is 9.47 Å². The first-order chi connectivity index (χ1) is 6.96. The molecule has 0 amide bonds. The SMILES string of the molecule is C=CCSC=C1C(=O)OC(C)(C)OC1=O. The van der Waals surface area contributed by atoms with Gasteiger partial charge in [0.1, 0.15) is 0 Å². The van der Waals surface area contributed by atoms with Gasteiger partial charge in [-0.3, -0.25) is 0 Å². The van der Waals surface area contributed by atoms with E-state index in [0.717, 1.165) is 0 Å². The minimum atomic E-state index is -1.17. The molecule has 1 aliphatic heterocycles. The van der Waals surface area contributed by atoms with E-state index < -0.39 is 17.7 Å². The lowest BCUT2D eigenvalue weighted by Gasteiger charge is -2.29. The van der Waals surface area contributed by atoms with E-state index in [1.165, 1.54) is 31.0 Å². The van der Waals surface area contributed by atoms with Gasteiger partial charge in [0.15, 0.2) is 5.57 Å². The number of thioether (sulfide) groups is 1. The van der Waals surface area contributed by atoms with Crippen molar-refractivity contribution in [3.8, 4) is 0 Å². The maximum absolute atomic E-state index is 11.4. The molecule has 0 atom stereocenters. The molecule has 4 nitrogen and oxygen atoms in total. The molecule has 0 bridgehead atoms. The average molecular weight is 228 g/mol. The third kappa shape index (κ3) is 3.13. The molecule has 0 saturated carbocycles. The van der Waals surface area contributed by atoms with Crippen LogP contribution in [0.4, 0.5) is 0 Å². The molecular formula is C10H12O4S. The van der Waals surface area contributed by atoms with Gasteiger partial charge in [0, 0.05) is 19.6 Å². The van der Waals surface area contributed by atoms with Crippen LogP contribution in [0, 0.1) is 0 Å². The number of esters is 2. The molecule has 0 N–H and O–H groups in total. The van der Waals surface area contributed by atoms with Crippen LogP contribution in [0.25, 0.3) is 0 Å². The van der Waals surface area contributed by atoms with Crippen LogP contribution >= 0.6 is 11.8 Å². The van der Waals surface area contributed by atoms with Gasteiger partial charge in [-0.05, 0) is 5.41 Å². The zero-order chi connectivity index (χ0) is 11.5. The number of hydrogen-bond donors (Lipinski definition) is 0. The lowest BCUT2D eigenvalue weighted by Crippen LogP contribution is -2.41. The third-order valence-electron chi connectivity index (χ3n) is 1.53. The van der Waals surface area contributed by atoms with Gasteiger partial charge in [-0.15, -0.1) is 18.3 Å². The van der Waals surface area contributed by atoms with Crippen LogP contribution in [-0.4, -0.2) is 23.5 Å². The monoisotopic (exact) mass is 228 g/mol. The van der Waals surface area contributed by atoms with E-state index in [1.54, 1.807) is 6.08 Å². The molecule has 1 rings (SSSR count). The van der Waals surface area contributed by atoms with Gasteiger partial charge in [-0.1, -0.05) is 6.08 Å². The number of rotatable bonds is 3. The van der Waals surface area contributed by atoms with Crippen LogP contribution in [0.15, 0.2) is 23.6 Å². The summed E-state index contributed by atoms with van der Waals surface area (Å²) in [6.45, 7) is 6.54. The van der Waals surface area contributed by atoms with Crippen molar-refractivity contribution in [1.82, 2.24) is 0 Å². The minimum Gasteiger partial charge on any atom is -0.419 e.